The van der Waals surface area contributed by atoms with Crippen LogP contribution in [0.4, 0.5) is 14.5 Å². The molecule has 0 aliphatic carbocycles. The van der Waals surface area contributed by atoms with Crippen molar-refractivity contribution in [1.29, 1.82) is 0 Å². The van der Waals surface area contributed by atoms with Crippen molar-refractivity contribution in [1.82, 2.24) is 5.16 Å². The Bertz CT molecular complexity index is 1070. The standard InChI is InChI=1S/C18H16F2N2O3S/c1-10-4-5-13(18-11(2)21-25-12(18)3)8-17(10)26(23,24)22-16-9-14(19)6-7-15(16)20/h4-9,22H,1-3H3. The van der Waals surface area contributed by atoms with Crippen molar-refractivity contribution < 1.29 is 21.7 Å². The molecule has 5 nitrogen and oxygen atoms in total. The average Bonchev–Trinajstić information content (AvgIpc) is 2.90. The van der Waals surface area contributed by atoms with E-state index < -0.39 is 27.3 Å². The minimum Gasteiger partial charge on any atom is -0.361 e. The zero-order chi connectivity index (χ0) is 19.1. The van der Waals surface area contributed by atoms with E-state index in [0.717, 1.165) is 18.2 Å². The molecule has 3 aromatic rings. The molecule has 26 heavy (non-hydrogen) atoms. The molecule has 0 unspecified atom stereocenters. The first kappa shape index (κ1) is 18.1. The van der Waals surface area contributed by atoms with Crippen molar-refractivity contribution in [2.75, 3.05) is 4.72 Å². The van der Waals surface area contributed by atoms with E-state index in [0.29, 0.717) is 28.1 Å². The van der Waals surface area contributed by atoms with Gasteiger partial charge in [0.1, 0.15) is 17.4 Å². The van der Waals surface area contributed by atoms with Crippen LogP contribution in [0.5, 0.6) is 0 Å². The van der Waals surface area contributed by atoms with E-state index in [9.17, 15) is 17.2 Å². The van der Waals surface area contributed by atoms with E-state index in [1.165, 1.54) is 6.07 Å². The predicted molar refractivity (Wildman–Crippen MR) is 93.3 cm³/mol. The monoisotopic (exact) mass is 378 g/mol. The normalized spacial score (nSPS) is 11.6. The second-order valence-corrected chi connectivity index (χ2v) is 7.56. The second-order valence-electron chi connectivity index (χ2n) is 5.91. The first-order valence-corrected chi connectivity index (χ1v) is 9.19. The first-order valence-electron chi connectivity index (χ1n) is 7.71. The lowest BCUT2D eigenvalue weighted by atomic mass is 10.0. The van der Waals surface area contributed by atoms with Crippen LogP contribution in [-0.4, -0.2) is 13.6 Å². The van der Waals surface area contributed by atoms with Crippen molar-refractivity contribution in [3.8, 4) is 11.1 Å². The van der Waals surface area contributed by atoms with E-state index in [4.69, 9.17) is 4.52 Å². The number of aryl methyl sites for hydroxylation is 3. The van der Waals surface area contributed by atoms with Gasteiger partial charge in [0, 0.05) is 11.6 Å². The van der Waals surface area contributed by atoms with E-state index in [1.54, 1.807) is 32.9 Å². The molecule has 0 atom stereocenters. The number of nitrogens with one attached hydrogen (secondary N) is 1. The molecule has 1 heterocycles. The fourth-order valence-corrected chi connectivity index (χ4v) is 4.05. The van der Waals surface area contributed by atoms with Gasteiger partial charge in [-0.15, -0.1) is 0 Å². The van der Waals surface area contributed by atoms with Crippen molar-refractivity contribution in [3.63, 3.8) is 0 Å². The Morgan fingerprint density at radius 1 is 1.04 bits per heavy atom. The summed E-state index contributed by atoms with van der Waals surface area (Å²) >= 11 is 0. The minimum atomic E-state index is -4.13. The molecule has 0 aliphatic heterocycles. The summed E-state index contributed by atoms with van der Waals surface area (Å²) in [7, 11) is -4.13. The van der Waals surface area contributed by atoms with Gasteiger partial charge in [-0.25, -0.2) is 17.2 Å². The molecular weight excluding hydrogens is 362 g/mol. The van der Waals surface area contributed by atoms with Crippen LogP contribution in [0.3, 0.4) is 0 Å². The summed E-state index contributed by atoms with van der Waals surface area (Å²) in [6, 6.07) is 7.42. The average molecular weight is 378 g/mol. The Kier molecular flexibility index (Phi) is 4.53. The molecule has 136 valence electrons. The summed E-state index contributed by atoms with van der Waals surface area (Å²) in [6.07, 6.45) is 0. The van der Waals surface area contributed by atoms with Crippen LogP contribution in [0.15, 0.2) is 45.8 Å². The highest BCUT2D eigenvalue weighted by molar-refractivity contribution is 7.92. The Morgan fingerprint density at radius 2 is 1.77 bits per heavy atom. The molecule has 0 fully saturated rings. The smallest absolute Gasteiger partial charge is 0.262 e. The summed E-state index contributed by atoms with van der Waals surface area (Å²) in [4.78, 5) is -0.0429. The number of benzene rings is 2. The van der Waals surface area contributed by atoms with Gasteiger partial charge >= 0.3 is 0 Å². The van der Waals surface area contributed by atoms with Gasteiger partial charge in [-0.3, -0.25) is 4.72 Å². The molecule has 0 bridgehead atoms. The predicted octanol–water partition coefficient (Wildman–Crippen LogP) is 4.35. The third-order valence-electron chi connectivity index (χ3n) is 3.97. The van der Waals surface area contributed by atoms with Crippen LogP contribution >= 0.6 is 0 Å². The molecule has 1 N–H and O–H groups in total. The molecule has 0 aliphatic rings. The van der Waals surface area contributed by atoms with Crippen LogP contribution in [0, 0.1) is 32.4 Å². The molecule has 2 aromatic carbocycles. The van der Waals surface area contributed by atoms with Crippen LogP contribution in [-0.2, 0) is 10.0 Å². The number of nitrogens with zero attached hydrogens (tertiary/aromatic N) is 1. The fourth-order valence-electron chi connectivity index (χ4n) is 2.72. The first-order chi connectivity index (χ1) is 12.2. The Hall–Kier alpha value is -2.74. The van der Waals surface area contributed by atoms with Crippen LogP contribution in [0.2, 0.25) is 0 Å². The largest absolute Gasteiger partial charge is 0.361 e. The quantitative estimate of drug-likeness (QED) is 0.733. The lowest BCUT2D eigenvalue weighted by Crippen LogP contribution is -2.15. The number of halogens is 2. The lowest BCUT2D eigenvalue weighted by molar-refractivity contribution is 0.393. The summed E-state index contributed by atoms with van der Waals surface area (Å²) in [6.45, 7) is 5.09. The lowest BCUT2D eigenvalue weighted by Gasteiger charge is -2.13. The maximum atomic E-state index is 13.8. The van der Waals surface area contributed by atoms with Crippen molar-refractivity contribution >= 4 is 15.7 Å². The number of sulfonamides is 1. The van der Waals surface area contributed by atoms with Gasteiger partial charge in [-0.2, -0.15) is 0 Å². The van der Waals surface area contributed by atoms with Gasteiger partial charge in [0.25, 0.3) is 10.0 Å². The highest BCUT2D eigenvalue weighted by atomic mass is 32.2. The van der Waals surface area contributed by atoms with E-state index in [1.807, 2.05) is 0 Å². The zero-order valence-electron chi connectivity index (χ0n) is 14.3. The maximum Gasteiger partial charge on any atom is 0.262 e. The molecule has 0 saturated carbocycles. The second kappa shape index (κ2) is 6.53. The summed E-state index contributed by atoms with van der Waals surface area (Å²) < 4.78 is 59.8. The van der Waals surface area contributed by atoms with Crippen LogP contribution in [0.25, 0.3) is 11.1 Å². The number of anilines is 1. The third-order valence-corrected chi connectivity index (χ3v) is 5.48. The highest BCUT2D eigenvalue weighted by Gasteiger charge is 2.21. The third kappa shape index (κ3) is 3.32. The molecule has 1 aromatic heterocycles. The number of hydrogen-bond acceptors (Lipinski definition) is 4. The SMILES string of the molecule is Cc1ccc(-c2c(C)noc2C)cc1S(=O)(=O)Nc1cc(F)ccc1F. The topological polar surface area (TPSA) is 72.2 Å². The zero-order valence-corrected chi connectivity index (χ0v) is 15.1. The van der Waals surface area contributed by atoms with Gasteiger partial charge in [0.15, 0.2) is 0 Å². The summed E-state index contributed by atoms with van der Waals surface area (Å²) in [5, 5.41) is 3.86. The molecule has 0 amide bonds. The van der Waals surface area contributed by atoms with Crippen LogP contribution < -0.4 is 4.72 Å². The molecule has 8 heteroatoms. The fraction of sp³-hybridized carbons (Fsp3) is 0.167. The van der Waals surface area contributed by atoms with E-state index >= 15 is 0 Å². The van der Waals surface area contributed by atoms with Gasteiger partial charge in [0.05, 0.1) is 16.3 Å². The number of rotatable bonds is 4. The van der Waals surface area contributed by atoms with Gasteiger partial charge in [-0.1, -0.05) is 17.3 Å². The van der Waals surface area contributed by atoms with Gasteiger partial charge in [0.2, 0.25) is 0 Å². The number of aromatic nitrogens is 1. The van der Waals surface area contributed by atoms with Crippen molar-refractivity contribution in [2.45, 2.75) is 25.7 Å². The minimum absolute atomic E-state index is 0.0429. The Labute approximate surface area is 149 Å². The Morgan fingerprint density at radius 3 is 2.42 bits per heavy atom. The number of hydrogen-bond donors (Lipinski definition) is 1. The maximum absolute atomic E-state index is 13.8. The summed E-state index contributed by atoms with van der Waals surface area (Å²) in [5.74, 6) is -1.06. The Balaban J connectivity index is 2.08. The molecular formula is C18H16F2N2O3S. The highest BCUT2D eigenvalue weighted by Crippen LogP contribution is 2.31. The van der Waals surface area contributed by atoms with E-state index in [-0.39, 0.29) is 4.90 Å². The van der Waals surface area contributed by atoms with Crippen LogP contribution in [0.1, 0.15) is 17.0 Å². The van der Waals surface area contributed by atoms with Gasteiger partial charge < -0.3 is 4.52 Å². The van der Waals surface area contributed by atoms with Gasteiger partial charge in [-0.05, 0) is 50.1 Å². The summed E-state index contributed by atoms with van der Waals surface area (Å²) in [5.41, 5.74) is 1.93. The molecule has 0 spiro atoms. The van der Waals surface area contributed by atoms with E-state index in [2.05, 4.69) is 9.88 Å². The molecule has 3 rings (SSSR count). The van der Waals surface area contributed by atoms with Crippen molar-refractivity contribution in [2.24, 2.45) is 0 Å². The molecule has 0 saturated heterocycles. The van der Waals surface area contributed by atoms with Crippen molar-refractivity contribution in [3.05, 3.63) is 65.1 Å². The molecule has 0 radical (unpaired) electrons.